The van der Waals surface area contributed by atoms with Gasteiger partial charge >= 0.3 is 0 Å². The van der Waals surface area contributed by atoms with Crippen LogP contribution in [0.15, 0.2) is 12.2 Å². The molecule has 2 aliphatic carbocycles. The molecule has 2 rings (SSSR count). The fraction of sp³-hybridized carbons (Fsp3) is 0.714. The van der Waals surface area contributed by atoms with E-state index in [1.54, 1.807) is 0 Å². The minimum Gasteiger partial charge on any atom is -0.305 e. The lowest BCUT2D eigenvalue weighted by Gasteiger charge is -2.17. The molecule has 2 aliphatic rings. The van der Waals surface area contributed by atoms with Crippen LogP contribution in [0.2, 0.25) is 0 Å². The zero-order chi connectivity index (χ0) is 7.19. The molecule has 1 fully saturated rings. The van der Waals surface area contributed by atoms with Crippen LogP contribution in [0.25, 0.3) is 0 Å². The number of hydrogen-bond donors (Lipinski definition) is 1. The standard InChI is InChI=1S/C7H10O2S/c8-10(9)7-3-1-6(5-7)2-4-7/h1,3,6H,2,4-5H2,(H,8,9). The van der Waals surface area contributed by atoms with E-state index in [2.05, 4.69) is 6.08 Å². The summed E-state index contributed by atoms with van der Waals surface area (Å²) in [6, 6.07) is 0. The Balaban J connectivity index is 2.32. The third-order valence-corrected chi connectivity index (χ3v) is 3.77. The molecule has 3 atom stereocenters. The molecule has 2 nitrogen and oxygen atoms in total. The monoisotopic (exact) mass is 158 g/mol. The van der Waals surface area contributed by atoms with Gasteiger partial charge < -0.3 is 4.55 Å². The smallest absolute Gasteiger partial charge is 0.163 e. The number of allylic oxidation sites excluding steroid dienone is 1. The number of hydrogen-bond acceptors (Lipinski definition) is 1. The summed E-state index contributed by atoms with van der Waals surface area (Å²) >= 11 is -1.64. The van der Waals surface area contributed by atoms with E-state index in [0.29, 0.717) is 5.92 Å². The van der Waals surface area contributed by atoms with Crippen molar-refractivity contribution < 1.29 is 8.76 Å². The van der Waals surface area contributed by atoms with Crippen LogP contribution in [-0.2, 0) is 11.1 Å². The van der Waals surface area contributed by atoms with E-state index in [9.17, 15) is 4.21 Å². The van der Waals surface area contributed by atoms with Crippen molar-refractivity contribution >= 4 is 11.1 Å². The third kappa shape index (κ3) is 0.705. The topological polar surface area (TPSA) is 37.3 Å². The molecule has 3 heteroatoms. The van der Waals surface area contributed by atoms with Gasteiger partial charge in [-0.2, -0.15) is 0 Å². The quantitative estimate of drug-likeness (QED) is 0.461. The predicted molar refractivity (Wildman–Crippen MR) is 40.0 cm³/mol. The molecule has 0 spiro atoms. The molecule has 1 N–H and O–H groups in total. The maximum atomic E-state index is 10.8. The summed E-state index contributed by atoms with van der Waals surface area (Å²) in [6.45, 7) is 0. The number of rotatable bonds is 1. The summed E-state index contributed by atoms with van der Waals surface area (Å²) in [5.41, 5.74) is 0. The Morgan fingerprint density at radius 2 is 2.50 bits per heavy atom. The lowest BCUT2D eigenvalue weighted by molar-refractivity contribution is 0.525. The van der Waals surface area contributed by atoms with E-state index in [1.807, 2.05) is 6.08 Å². The normalized spacial score (nSPS) is 46.3. The number of fused-ring (bicyclic) bond motifs is 2. The minimum atomic E-state index is -1.64. The highest BCUT2D eigenvalue weighted by atomic mass is 32.2. The average molecular weight is 158 g/mol. The molecule has 0 saturated heterocycles. The summed E-state index contributed by atoms with van der Waals surface area (Å²) in [4.78, 5) is 0. The molecule has 0 radical (unpaired) electrons. The molecular weight excluding hydrogens is 148 g/mol. The first-order valence-electron chi connectivity index (χ1n) is 3.53. The van der Waals surface area contributed by atoms with Gasteiger partial charge in [0.2, 0.25) is 0 Å². The van der Waals surface area contributed by atoms with E-state index >= 15 is 0 Å². The summed E-state index contributed by atoms with van der Waals surface area (Å²) in [5.74, 6) is 0.594. The Bertz CT molecular complexity index is 212. The van der Waals surface area contributed by atoms with Gasteiger partial charge in [-0.25, -0.2) is 4.21 Å². The second-order valence-corrected chi connectivity index (χ2v) is 4.49. The van der Waals surface area contributed by atoms with E-state index in [4.69, 9.17) is 4.55 Å². The van der Waals surface area contributed by atoms with E-state index in [0.717, 1.165) is 19.3 Å². The highest BCUT2D eigenvalue weighted by molar-refractivity contribution is 7.81. The maximum Gasteiger partial charge on any atom is 0.163 e. The van der Waals surface area contributed by atoms with Crippen molar-refractivity contribution in [2.24, 2.45) is 5.92 Å². The fourth-order valence-electron chi connectivity index (χ4n) is 1.92. The second-order valence-electron chi connectivity index (χ2n) is 3.18. The zero-order valence-corrected chi connectivity index (χ0v) is 6.43. The van der Waals surface area contributed by atoms with Gasteiger partial charge in [0, 0.05) is 0 Å². The summed E-state index contributed by atoms with van der Waals surface area (Å²) in [7, 11) is 0. The average Bonchev–Trinajstić information content (AvgIpc) is 2.45. The van der Waals surface area contributed by atoms with Crippen molar-refractivity contribution in [2.75, 3.05) is 0 Å². The van der Waals surface area contributed by atoms with Crippen LogP contribution in [-0.4, -0.2) is 13.5 Å². The van der Waals surface area contributed by atoms with Crippen molar-refractivity contribution in [3.05, 3.63) is 12.2 Å². The van der Waals surface area contributed by atoms with Crippen molar-refractivity contribution in [1.29, 1.82) is 0 Å². The van der Waals surface area contributed by atoms with Crippen molar-refractivity contribution in [3.8, 4) is 0 Å². The largest absolute Gasteiger partial charge is 0.305 e. The van der Waals surface area contributed by atoms with E-state index in [1.165, 1.54) is 0 Å². The molecule has 3 unspecified atom stereocenters. The van der Waals surface area contributed by atoms with Gasteiger partial charge in [-0.15, -0.1) is 0 Å². The molecule has 0 aliphatic heterocycles. The fourth-order valence-corrected chi connectivity index (χ4v) is 2.77. The van der Waals surface area contributed by atoms with Crippen LogP contribution in [0.3, 0.4) is 0 Å². The second kappa shape index (κ2) is 1.92. The summed E-state index contributed by atoms with van der Waals surface area (Å²) in [5, 5.41) is 0. The highest BCUT2D eigenvalue weighted by Gasteiger charge is 2.45. The molecule has 10 heavy (non-hydrogen) atoms. The Kier molecular flexibility index (Phi) is 1.26. The molecular formula is C7H10O2S. The van der Waals surface area contributed by atoms with Gasteiger partial charge in [-0.05, 0) is 25.2 Å². The first kappa shape index (κ1) is 6.55. The SMILES string of the molecule is O=S(O)C12C=CC(CC1)C2. The molecule has 2 bridgehead atoms. The van der Waals surface area contributed by atoms with Gasteiger partial charge in [0.15, 0.2) is 11.1 Å². The van der Waals surface area contributed by atoms with Crippen LogP contribution < -0.4 is 0 Å². The Morgan fingerprint density at radius 3 is 2.70 bits per heavy atom. The van der Waals surface area contributed by atoms with Crippen molar-refractivity contribution in [3.63, 3.8) is 0 Å². The zero-order valence-electron chi connectivity index (χ0n) is 5.62. The van der Waals surface area contributed by atoms with Crippen molar-refractivity contribution in [2.45, 2.75) is 24.0 Å². The Morgan fingerprint density at radius 1 is 1.70 bits per heavy atom. The van der Waals surface area contributed by atoms with Crippen LogP contribution in [0.4, 0.5) is 0 Å². The maximum absolute atomic E-state index is 10.8. The van der Waals surface area contributed by atoms with Gasteiger partial charge in [0.05, 0.1) is 4.75 Å². The minimum absolute atomic E-state index is 0.343. The van der Waals surface area contributed by atoms with Gasteiger partial charge in [0.25, 0.3) is 0 Å². The van der Waals surface area contributed by atoms with E-state index in [-0.39, 0.29) is 4.75 Å². The molecule has 0 aromatic carbocycles. The van der Waals surface area contributed by atoms with Crippen molar-refractivity contribution in [1.82, 2.24) is 0 Å². The first-order chi connectivity index (χ1) is 4.73. The highest BCUT2D eigenvalue weighted by Crippen LogP contribution is 2.45. The molecule has 56 valence electrons. The summed E-state index contributed by atoms with van der Waals surface area (Å²) < 4.78 is 19.4. The van der Waals surface area contributed by atoms with Gasteiger partial charge in [-0.1, -0.05) is 12.2 Å². The van der Waals surface area contributed by atoms with E-state index < -0.39 is 11.1 Å². The van der Waals surface area contributed by atoms with Crippen LogP contribution in [0.5, 0.6) is 0 Å². The van der Waals surface area contributed by atoms with Gasteiger partial charge in [-0.3, -0.25) is 0 Å². The molecule has 1 saturated carbocycles. The van der Waals surface area contributed by atoms with Crippen LogP contribution in [0.1, 0.15) is 19.3 Å². The Hall–Kier alpha value is -0.150. The predicted octanol–water partition coefficient (Wildman–Crippen LogP) is 1.32. The third-order valence-electron chi connectivity index (χ3n) is 2.57. The van der Waals surface area contributed by atoms with Crippen LogP contribution >= 0.6 is 0 Å². The van der Waals surface area contributed by atoms with Gasteiger partial charge in [0.1, 0.15) is 0 Å². The Labute approximate surface area is 62.6 Å². The molecule has 0 amide bonds. The van der Waals surface area contributed by atoms with Crippen LogP contribution in [0, 0.1) is 5.92 Å². The molecule has 0 aromatic heterocycles. The lowest BCUT2D eigenvalue weighted by Crippen LogP contribution is -2.26. The molecule has 0 aromatic rings. The summed E-state index contributed by atoms with van der Waals surface area (Å²) in [6.07, 6.45) is 6.91. The first-order valence-corrected chi connectivity index (χ1v) is 4.64. The molecule has 0 heterocycles. The lowest BCUT2D eigenvalue weighted by atomic mass is 10.1.